The van der Waals surface area contributed by atoms with Gasteiger partial charge in [0, 0.05) is 16.5 Å². The number of thiophene rings is 1. The first-order valence-electron chi connectivity index (χ1n) is 9.11. The second-order valence-electron chi connectivity index (χ2n) is 6.44. The van der Waals surface area contributed by atoms with Gasteiger partial charge in [0.1, 0.15) is 23.0 Å². The minimum Gasteiger partial charge on any atom is -0.497 e. The summed E-state index contributed by atoms with van der Waals surface area (Å²) in [5.74, 6) is 1.39. The quantitative estimate of drug-likeness (QED) is 0.330. The Morgan fingerprint density at radius 3 is 2.63 bits per heavy atom. The van der Waals surface area contributed by atoms with Gasteiger partial charge in [0.15, 0.2) is 5.76 Å². The lowest BCUT2D eigenvalue weighted by Gasteiger charge is -2.08. The van der Waals surface area contributed by atoms with Crippen LogP contribution in [0.5, 0.6) is 23.0 Å². The Morgan fingerprint density at radius 2 is 1.90 bits per heavy atom. The van der Waals surface area contributed by atoms with Crippen molar-refractivity contribution in [1.29, 1.82) is 0 Å². The van der Waals surface area contributed by atoms with Gasteiger partial charge in [-0.05, 0) is 47.9 Å². The summed E-state index contributed by atoms with van der Waals surface area (Å²) < 4.78 is 21.7. The van der Waals surface area contributed by atoms with Crippen molar-refractivity contribution >= 4 is 29.2 Å². The fraction of sp³-hybridized carbons (Fsp3) is 0.130. The number of esters is 1. The molecule has 0 N–H and O–H groups in total. The number of rotatable bonds is 6. The standard InChI is InChI=1S/C23H18O6S/c1-26-15-6-8-19(27-2)14(10-15)11-21-23(25)18-7-5-16(12-20(18)29-21)28-22(24)13-17-4-3-9-30-17/h3-12H,13H2,1-2H3/b21-11-. The Bertz CT molecular complexity index is 1130. The number of Topliss-reactive ketones (excluding diaryl/α,β-unsaturated/α-hetero) is 1. The van der Waals surface area contributed by atoms with E-state index in [1.165, 1.54) is 11.3 Å². The number of carbonyl (C=O) groups is 2. The lowest BCUT2D eigenvalue weighted by molar-refractivity contribution is -0.133. The van der Waals surface area contributed by atoms with Gasteiger partial charge in [-0.2, -0.15) is 0 Å². The fourth-order valence-corrected chi connectivity index (χ4v) is 3.74. The smallest absolute Gasteiger partial charge is 0.316 e. The number of fused-ring (bicyclic) bond motifs is 1. The van der Waals surface area contributed by atoms with Crippen molar-refractivity contribution in [3.05, 3.63) is 75.7 Å². The molecule has 0 atom stereocenters. The van der Waals surface area contributed by atoms with E-state index in [2.05, 4.69) is 0 Å². The number of carbonyl (C=O) groups excluding carboxylic acids is 2. The van der Waals surface area contributed by atoms with Gasteiger partial charge in [-0.1, -0.05) is 6.07 Å². The van der Waals surface area contributed by atoms with Gasteiger partial charge in [0.2, 0.25) is 5.78 Å². The first-order valence-corrected chi connectivity index (χ1v) is 9.98. The van der Waals surface area contributed by atoms with E-state index in [-0.39, 0.29) is 23.9 Å². The van der Waals surface area contributed by atoms with Crippen molar-refractivity contribution in [2.75, 3.05) is 14.2 Å². The molecule has 0 radical (unpaired) electrons. The second-order valence-corrected chi connectivity index (χ2v) is 7.47. The molecule has 1 aromatic heterocycles. The average Bonchev–Trinajstić information content (AvgIpc) is 3.35. The number of hydrogen-bond donors (Lipinski definition) is 0. The molecule has 4 rings (SSSR count). The predicted octanol–water partition coefficient (Wildman–Crippen LogP) is 4.53. The fourth-order valence-electron chi connectivity index (χ4n) is 3.05. The zero-order valence-corrected chi connectivity index (χ0v) is 17.2. The van der Waals surface area contributed by atoms with Crippen LogP contribution < -0.4 is 18.9 Å². The van der Waals surface area contributed by atoms with Crippen LogP contribution in [0.3, 0.4) is 0 Å². The van der Waals surface area contributed by atoms with Gasteiger partial charge >= 0.3 is 5.97 Å². The van der Waals surface area contributed by atoms with Crippen LogP contribution in [-0.2, 0) is 11.2 Å². The van der Waals surface area contributed by atoms with Crippen molar-refractivity contribution in [3.63, 3.8) is 0 Å². The van der Waals surface area contributed by atoms with Crippen LogP contribution in [0.4, 0.5) is 0 Å². The van der Waals surface area contributed by atoms with Crippen LogP contribution in [0, 0.1) is 0 Å². The van der Waals surface area contributed by atoms with Crippen molar-refractivity contribution in [2.45, 2.75) is 6.42 Å². The monoisotopic (exact) mass is 422 g/mol. The van der Waals surface area contributed by atoms with Gasteiger partial charge < -0.3 is 18.9 Å². The first kappa shape index (κ1) is 19.7. The molecule has 1 aliphatic rings. The van der Waals surface area contributed by atoms with E-state index in [9.17, 15) is 9.59 Å². The summed E-state index contributed by atoms with van der Waals surface area (Å²) in [6.07, 6.45) is 1.79. The number of methoxy groups -OCH3 is 2. The van der Waals surface area contributed by atoms with Crippen LogP contribution >= 0.6 is 11.3 Å². The predicted molar refractivity (Wildman–Crippen MR) is 113 cm³/mol. The molecule has 2 heterocycles. The third kappa shape index (κ3) is 4.06. The summed E-state index contributed by atoms with van der Waals surface area (Å²) in [6.45, 7) is 0. The summed E-state index contributed by atoms with van der Waals surface area (Å²) >= 11 is 1.49. The van der Waals surface area contributed by atoms with Crippen molar-refractivity contribution in [2.24, 2.45) is 0 Å². The van der Waals surface area contributed by atoms with E-state index in [4.69, 9.17) is 18.9 Å². The maximum atomic E-state index is 12.7. The van der Waals surface area contributed by atoms with E-state index in [0.29, 0.717) is 34.1 Å². The Kier molecular flexibility index (Phi) is 5.54. The maximum absolute atomic E-state index is 12.7. The summed E-state index contributed by atoms with van der Waals surface area (Å²) in [4.78, 5) is 25.8. The van der Waals surface area contributed by atoms with Crippen LogP contribution in [0.2, 0.25) is 0 Å². The van der Waals surface area contributed by atoms with Gasteiger partial charge in [0.25, 0.3) is 0 Å². The summed E-state index contributed by atoms with van der Waals surface area (Å²) in [7, 11) is 3.11. The molecule has 0 amide bonds. The van der Waals surface area contributed by atoms with Crippen LogP contribution in [0.25, 0.3) is 6.08 Å². The lowest BCUT2D eigenvalue weighted by atomic mass is 10.1. The molecule has 152 valence electrons. The second kappa shape index (κ2) is 8.42. The van der Waals surface area contributed by atoms with Gasteiger partial charge in [-0.15, -0.1) is 11.3 Å². The van der Waals surface area contributed by atoms with Crippen molar-refractivity contribution < 1.29 is 28.5 Å². The highest BCUT2D eigenvalue weighted by atomic mass is 32.1. The Labute approximate surface area is 177 Å². The van der Waals surface area contributed by atoms with E-state index in [1.807, 2.05) is 17.5 Å². The van der Waals surface area contributed by atoms with E-state index < -0.39 is 0 Å². The number of hydrogen-bond acceptors (Lipinski definition) is 7. The third-order valence-corrected chi connectivity index (χ3v) is 5.37. The molecule has 0 aliphatic carbocycles. The molecule has 0 bridgehead atoms. The van der Waals surface area contributed by atoms with E-state index in [0.717, 1.165) is 4.88 Å². The molecule has 7 heteroatoms. The Balaban J connectivity index is 1.54. The molecule has 30 heavy (non-hydrogen) atoms. The van der Waals surface area contributed by atoms with Crippen LogP contribution in [0.1, 0.15) is 20.8 Å². The topological polar surface area (TPSA) is 71.1 Å². The number of ketones is 1. The summed E-state index contributed by atoms with van der Waals surface area (Å²) in [5.41, 5.74) is 1.05. The molecular formula is C23H18O6S. The zero-order chi connectivity index (χ0) is 21.1. The van der Waals surface area contributed by atoms with Crippen LogP contribution in [-0.4, -0.2) is 26.0 Å². The largest absolute Gasteiger partial charge is 0.497 e. The average molecular weight is 422 g/mol. The highest BCUT2D eigenvalue weighted by Gasteiger charge is 2.28. The summed E-state index contributed by atoms with van der Waals surface area (Å²) in [6, 6.07) is 13.8. The molecule has 6 nitrogen and oxygen atoms in total. The Morgan fingerprint density at radius 1 is 1.07 bits per heavy atom. The SMILES string of the molecule is COc1ccc(OC)c(/C=C2\Oc3cc(OC(=O)Cc4cccs4)ccc3C2=O)c1. The molecular weight excluding hydrogens is 404 g/mol. The molecule has 3 aromatic rings. The highest BCUT2D eigenvalue weighted by Crippen LogP contribution is 2.36. The van der Waals surface area contributed by atoms with E-state index in [1.54, 1.807) is 56.7 Å². The molecule has 0 saturated heterocycles. The lowest BCUT2D eigenvalue weighted by Crippen LogP contribution is -2.10. The Hall–Kier alpha value is -3.58. The van der Waals surface area contributed by atoms with Gasteiger partial charge in [0.05, 0.1) is 26.2 Å². The highest BCUT2D eigenvalue weighted by molar-refractivity contribution is 7.10. The molecule has 0 unspecified atom stereocenters. The van der Waals surface area contributed by atoms with Gasteiger partial charge in [-0.3, -0.25) is 9.59 Å². The van der Waals surface area contributed by atoms with Gasteiger partial charge in [-0.25, -0.2) is 0 Å². The maximum Gasteiger partial charge on any atom is 0.316 e. The number of ether oxygens (including phenoxy) is 4. The van der Waals surface area contributed by atoms with Crippen molar-refractivity contribution in [3.8, 4) is 23.0 Å². The number of benzene rings is 2. The summed E-state index contributed by atoms with van der Waals surface area (Å²) in [5, 5.41) is 1.91. The normalized spacial score (nSPS) is 13.7. The first-order chi connectivity index (χ1) is 14.6. The minimum absolute atomic E-state index is 0.151. The minimum atomic E-state index is -0.376. The molecule has 0 fully saturated rings. The van der Waals surface area contributed by atoms with Crippen molar-refractivity contribution in [1.82, 2.24) is 0 Å². The number of allylic oxidation sites excluding steroid dienone is 1. The third-order valence-electron chi connectivity index (χ3n) is 4.50. The molecule has 2 aromatic carbocycles. The zero-order valence-electron chi connectivity index (χ0n) is 16.3. The molecule has 1 aliphatic heterocycles. The molecule has 0 spiro atoms. The van der Waals surface area contributed by atoms with E-state index >= 15 is 0 Å². The van der Waals surface area contributed by atoms with Crippen LogP contribution in [0.15, 0.2) is 59.7 Å². The molecule has 0 saturated carbocycles.